The third kappa shape index (κ3) is 4.33. The molecule has 126 valence electrons. The van der Waals surface area contributed by atoms with Crippen LogP contribution in [0.3, 0.4) is 0 Å². The molecule has 1 heterocycles. The van der Waals surface area contributed by atoms with Crippen LogP contribution in [0.5, 0.6) is 0 Å². The van der Waals surface area contributed by atoms with Crippen molar-refractivity contribution in [1.82, 2.24) is 5.32 Å². The van der Waals surface area contributed by atoms with Gasteiger partial charge in [-0.2, -0.15) is 0 Å². The van der Waals surface area contributed by atoms with Crippen LogP contribution in [0.1, 0.15) is 16.6 Å². The first-order valence-corrected chi connectivity index (χ1v) is 8.82. The molecule has 0 aliphatic carbocycles. The van der Waals surface area contributed by atoms with E-state index in [4.69, 9.17) is 0 Å². The van der Waals surface area contributed by atoms with Crippen LogP contribution in [0.15, 0.2) is 72.1 Å². The third-order valence-electron chi connectivity index (χ3n) is 3.75. The lowest BCUT2D eigenvalue weighted by molar-refractivity contribution is -0.117. The summed E-state index contributed by atoms with van der Waals surface area (Å²) in [5.74, 6) is -0.491. The highest BCUT2D eigenvalue weighted by molar-refractivity contribution is 7.12. The molecule has 1 unspecified atom stereocenters. The molecule has 1 aromatic heterocycles. The lowest BCUT2D eigenvalue weighted by atomic mass is 10.1. The molecule has 2 aromatic carbocycles. The highest BCUT2D eigenvalue weighted by Gasteiger charge is 2.17. The molecule has 2 N–H and O–H groups in total. The van der Waals surface area contributed by atoms with E-state index in [1.807, 2.05) is 60.0 Å². The number of nitrogens with one attached hydrogen (secondary N) is 2. The quantitative estimate of drug-likeness (QED) is 0.725. The summed E-state index contributed by atoms with van der Waals surface area (Å²) < 4.78 is 0. The Balaban J connectivity index is 1.60. The van der Waals surface area contributed by atoms with Gasteiger partial charge in [-0.15, -0.1) is 11.3 Å². The van der Waals surface area contributed by atoms with Crippen molar-refractivity contribution in [3.05, 3.63) is 77.0 Å². The summed E-state index contributed by atoms with van der Waals surface area (Å²) >= 11 is 1.34. The Morgan fingerprint density at radius 2 is 1.56 bits per heavy atom. The van der Waals surface area contributed by atoms with Crippen molar-refractivity contribution in [1.29, 1.82) is 0 Å². The second-order valence-corrected chi connectivity index (χ2v) is 6.55. The van der Waals surface area contributed by atoms with Gasteiger partial charge in [0.15, 0.2) is 0 Å². The number of rotatable bonds is 5. The molecule has 3 rings (SSSR count). The summed E-state index contributed by atoms with van der Waals surface area (Å²) in [6.07, 6.45) is 0. The fraction of sp³-hybridized carbons (Fsp3) is 0.100. The van der Waals surface area contributed by atoms with Crippen molar-refractivity contribution in [2.75, 3.05) is 5.32 Å². The molecule has 0 saturated carbocycles. The second kappa shape index (κ2) is 7.77. The number of hydrogen-bond donors (Lipinski definition) is 2. The van der Waals surface area contributed by atoms with Gasteiger partial charge in [0.25, 0.3) is 5.91 Å². The van der Waals surface area contributed by atoms with Crippen molar-refractivity contribution >= 4 is 28.8 Å². The van der Waals surface area contributed by atoms with Gasteiger partial charge in [0.1, 0.15) is 6.04 Å². The van der Waals surface area contributed by atoms with Crippen molar-refractivity contribution in [2.45, 2.75) is 13.0 Å². The van der Waals surface area contributed by atoms with Crippen LogP contribution in [0.2, 0.25) is 0 Å². The number of carbonyl (C=O) groups excluding carboxylic acids is 2. The maximum absolute atomic E-state index is 12.2. The van der Waals surface area contributed by atoms with Crippen LogP contribution in [-0.2, 0) is 4.79 Å². The Bertz CT molecular complexity index is 843. The smallest absolute Gasteiger partial charge is 0.261 e. The highest BCUT2D eigenvalue weighted by atomic mass is 32.1. The first-order chi connectivity index (χ1) is 12.1. The first-order valence-electron chi connectivity index (χ1n) is 7.94. The average Bonchev–Trinajstić information content (AvgIpc) is 3.18. The van der Waals surface area contributed by atoms with Crippen molar-refractivity contribution in [2.24, 2.45) is 0 Å². The van der Waals surface area contributed by atoms with Gasteiger partial charge < -0.3 is 10.6 Å². The van der Waals surface area contributed by atoms with Crippen molar-refractivity contribution in [3.63, 3.8) is 0 Å². The topological polar surface area (TPSA) is 58.2 Å². The predicted molar refractivity (Wildman–Crippen MR) is 102 cm³/mol. The van der Waals surface area contributed by atoms with E-state index in [9.17, 15) is 9.59 Å². The molecule has 0 fully saturated rings. The van der Waals surface area contributed by atoms with E-state index in [1.54, 1.807) is 19.1 Å². The molecular formula is C20H18N2O2S. The molecule has 3 aromatic rings. The number of thiophene rings is 1. The van der Waals surface area contributed by atoms with Gasteiger partial charge in [-0.25, -0.2) is 0 Å². The summed E-state index contributed by atoms with van der Waals surface area (Å²) in [6, 6.07) is 20.6. The van der Waals surface area contributed by atoms with E-state index in [2.05, 4.69) is 10.6 Å². The molecule has 0 saturated heterocycles. The molecule has 0 radical (unpaired) electrons. The predicted octanol–water partition coefficient (Wildman–Crippen LogP) is 4.17. The van der Waals surface area contributed by atoms with E-state index in [0.29, 0.717) is 10.6 Å². The monoisotopic (exact) mass is 350 g/mol. The number of amides is 2. The summed E-state index contributed by atoms with van der Waals surface area (Å²) in [5, 5.41) is 7.35. The Labute approximate surface area is 150 Å². The Morgan fingerprint density at radius 1 is 0.880 bits per heavy atom. The zero-order valence-electron chi connectivity index (χ0n) is 13.7. The van der Waals surface area contributed by atoms with Crippen LogP contribution < -0.4 is 10.6 Å². The minimum atomic E-state index is -0.622. The second-order valence-electron chi connectivity index (χ2n) is 5.61. The number of benzene rings is 2. The van der Waals surface area contributed by atoms with E-state index < -0.39 is 6.04 Å². The van der Waals surface area contributed by atoms with Crippen LogP contribution in [0.25, 0.3) is 11.1 Å². The molecule has 0 bridgehead atoms. The summed E-state index contributed by atoms with van der Waals surface area (Å²) in [6.45, 7) is 1.67. The minimum absolute atomic E-state index is 0.239. The van der Waals surface area contributed by atoms with Gasteiger partial charge in [-0.05, 0) is 41.6 Å². The molecule has 0 aliphatic heterocycles. The SMILES string of the molecule is CC(NC(=O)c1cccs1)C(=O)Nc1ccc(-c2ccccc2)cc1. The van der Waals surface area contributed by atoms with Crippen molar-refractivity contribution < 1.29 is 9.59 Å². The number of hydrogen-bond acceptors (Lipinski definition) is 3. The standard InChI is InChI=1S/C20H18N2O2S/c1-14(21-20(24)18-8-5-13-25-18)19(23)22-17-11-9-16(10-12-17)15-6-3-2-4-7-15/h2-14H,1H3,(H,21,24)(H,22,23). The third-order valence-corrected chi connectivity index (χ3v) is 4.61. The molecule has 2 amide bonds. The zero-order valence-corrected chi connectivity index (χ0v) is 14.5. The Kier molecular flexibility index (Phi) is 5.26. The molecule has 4 nitrogen and oxygen atoms in total. The van der Waals surface area contributed by atoms with Gasteiger partial charge in [0.2, 0.25) is 5.91 Å². The van der Waals surface area contributed by atoms with Crippen LogP contribution >= 0.6 is 11.3 Å². The van der Waals surface area contributed by atoms with E-state index in [1.165, 1.54) is 11.3 Å². The first kappa shape index (κ1) is 16.9. The fourth-order valence-corrected chi connectivity index (χ4v) is 3.00. The normalized spacial score (nSPS) is 11.6. The van der Waals surface area contributed by atoms with E-state index in [0.717, 1.165) is 11.1 Å². The molecule has 0 spiro atoms. The van der Waals surface area contributed by atoms with Crippen molar-refractivity contribution in [3.8, 4) is 11.1 Å². The van der Waals surface area contributed by atoms with Gasteiger partial charge >= 0.3 is 0 Å². The van der Waals surface area contributed by atoms with Crippen LogP contribution in [-0.4, -0.2) is 17.9 Å². The van der Waals surface area contributed by atoms with E-state index >= 15 is 0 Å². The maximum Gasteiger partial charge on any atom is 0.261 e. The van der Waals surface area contributed by atoms with Gasteiger partial charge in [0, 0.05) is 5.69 Å². The highest BCUT2D eigenvalue weighted by Crippen LogP contribution is 2.21. The molecule has 25 heavy (non-hydrogen) atoms. The summed E-state index contributed by atoms with van der Waals surface area (Å²) in [4.78, 5) is 24.8. The number of carbonyl (C=O) groups is 2. The van der Waals surface area contributed by atoms with Gasteiger partial charge in [0.05, 0.1) is 4.88 Å². The maximum atomic E-state index is 12.2. The lowest BCUT2D eigenvalue weighted by Gasteiger charge is -2.14. The number of anilines is 1. The van der Waals surface area contributed by atoms with Gasteiger partial charge in [-0.1, -0.05) is 48.5 Å². The van der Waals surface area contributed by atoms with Gasteiger partial charge in [-0.3, -0.25) is 9.59 Å². The van der Waals surface area contributed by atoms with Crippen LogP contribution in [0.4, 0.5) is 5.69 Å². The zero-order chi connectivity index (χ0) is 17.6. The van der Waals surface area contributed by atoms with E-state index in [-0.39, 0.29) is 11.8 Å². The summed E-state index contributed by atoms with van der Waals surface area (Å²) in [7, 11) is 0. The Morgan fingerprint density at radius 3 is 2.20 bits per heavy atom. The lowest BCUT2D eigenvalue weighted by Crippen LogP contribution is -2.41. The largest absolute Gasteiger partial charge is 0.340 e. The molecule has 5 heteroatoms. The molecule has 1 atom stereocenters. The molecule has 0 aliphatic rings. The van der Waals surface area contributed by atoms with Crippen LogP contribution in [0, 0.1) is 0 Å². The molecular weight excluding hydrogens is 332 g/mol. The summed E-state index contributed by atoms with van der Waals surface area (Å²) in [5.41, 5.74) is 2.90. The minimum Gasteiger partial charge on any atom is -0.340 e. The Hall–Kier alpha value is -2.92. The fourth-order valence-electron chi connectivity index (χ4n) is 2.37. The average molecular weight is 350 g/mol.